The van der Waals surface area contributed by atoms with E-state index in [1.807, 2.05) is 12.1 Å². The molecule has 1 aliphatic rings. The van der Waals surface area contributed by atoms with Gasteiger partial charge >= 0.3 is 0 Å². The molecule has 0 aliphatic heterocycles. The quantitative estimate of drug-likeness (QED) is 0.667. The molecule has 116 valence electrons. The van der Waals surface area contributed by atoms with E-state index in [1.165, 1.54) is 12.8 Å². The van der Waals surface area contributed by atoms with Crippen molar-refractivity contribution in [3.63, 3.8) is 0 Å². The number of hydrogen-bond acceptors (Lipinski definition) is 4. The standard InChI is InChI=1S/C16H25N3O2/c1-3-18(15-7-5-4-6-13(15)11-17)14-9-8-12(2)16(10-14)19(20)21/h8-10,13,15H,3-7,11,17H2,1-2H3. The van der Waals surface area contributed by atoms with Crippen LogP contribution in [-0.4, -0.2) is 24.1 Å². The molecule has 0 bridgehead atoms. The number of aryl methyl sites for hydroxylation is 1. The lowest BCUT2D eigenvalue weighted by molar-refractivity contribution is -0.385. The highest BCUT2D eigenvalue weighted by Crippen LogP contribution is 2.33. The Hall–Kier alpha value is -1.62. The van der Waals surface area contributed by atoms with Gasteiger partial charge in [0.15, 0.2) is 0 Å². The van der Waals surface area contributed by atoms with Crippen molar-refractivity contribution in [3.05, 3.63) is 33.9 Å². The predicted octanol–water partition coefficient (Wildman–Crippen LogP) is 3.25. The number of rotatable bonds is 5. The SMILES string of the molecule is CCN(c1ccc(C)c([N+](=O)[O-])c1)C1CCCCC1CN. The number of nitrogens with two attached hydrogens (primary N) is 1. The number of anilines is 1. The molecule has 2 atom stereocenters. The summed E-state index contributed by atoms with van der Waals surface area (Å²) in [5.41, 5.74) is 7.78. The number of nitro benzene ring substituents is 1. The fourth-order valence-electron chi connectivity index (χ4n) is 3.46. The first-order valence-electron chi connectivity index (χ1n) is 7.80. The summed E-state index contributed by atoms with van der Waals surface area (Å²) in [6.45, 7) is 5.42. The van der Waals surface area contributed by atoms with Crippen molar-refractivity contribution in [2.45, 2.75) is 45.6 Å². The molecule has 0 spiro atoms. The summed E-state index contributed by atoms with van der Waals surface area (Å²) in [6.07, 6.45) is 4.73. The second-order valence-corrected chi connectivity index (χ2v) is 5.86. The first-order valence-corrected chi connectivity index (χ1v) is 7.80. The van der Waals surface area contributed by atoms with Gasteiger partial charge in [0.25, 0.3) is 5.69 Å². The molecule has 2 rings (SSSR count). The largest absolute Gasteiger partial charge is 0.368 e. The van der Waals surface area contributed by atoms with Crippen molar-refractivity contribution < 1.29 is 4.92 Å². The molecule has 1 fully saturated rings. The van der Waals surface area contributed by atoms with E-state index in [9.17, 15) is 10.1 Å². The lowest BCUT2D eigenvalue weighted by atomic mass is 9.83. The Labute approximate surface area is 126 Å². The minimum atomic E-state index is -0.298. The summed E-state index contributed by atoms with van der Waals surface area (Å²) < 4.78 is 0. The molecule has 1 aromatic rings. The lowest BCUT2D eigenvalue weighted by Crippen LogP contribution is -2.45. The van der Waals surface area contributed by atoms with E-state index in [0.717, 1.165) is 25.1 Å². The zero-order chi connectivity index (χ0) is 15.4. The third-order valence-electron chi connectivity index (χ3n) is 4.63. The minimum absolute atomic E-state index is 0.200. The Morgan fingerprint density at radius 2 is 2.10 bits per heavy atom. The minimum Gasteiger partial charge on any atom is -0.368 e. The highest BCUT2D eigenvalue weighted by Gasteiger charge is 2.29. The van der Waals surface area contributed by atoms with Crippen LogP contribution in [0.5, 0.6) is 0 Å². The topological polar surface area (TPSA) is 72.4 Å². The third kappa shape index (κ3) is 3.35. The summed E-state index contributed by atoms with van der Waals surface area (Å²) in [7, 11) is 0. The molecule has 5 nitrogen and oxygen atoms in total. The smallest absolute Gasteiger partial charge is 0.274 e. The molecule has 0 radical (unpaired) electrons. The molecule has 0 aromatic heterocycles. The van der Waals surface area contributed by atoms with Gasteiger partial charge in [-0.3, -0.25) is 10.1 Å². The molecule has 21 heavy (non-hydrogen) atoms. The van der Waals surface area contributed by atoms with Gasteiger partial charge in [-0.15, -0.1) is 0 Å². The van der Waals surface area contributed by atoms with E-state index in [0.29, 0.717) is 24.1 Å². The van der Waals surface area contributed by atoms with Crippen molar-refractivity contribution in [2.24, 2.45) is 11.7 Å². The molecular formula is C16H25N3O2. The van der Waals surface area contributed by atoms with Crippen LogP contribution >= 0.6 is 0 Å². The number of hydrogen-bond donors (Lipinski definition) is 1. The van der Waals surface area contributed by atoms with Gasteiger partial charge in [-0.2, -0.15) is 0 Å². The fraction of sp³-hybridized carbons (Fsp3) is 0.625. The second kappa shape index (κ2) is 6.89. The Morgan fingerprint density at radius 1 is 1.38 bits per heavy atom. The van der Waals surface area contributed by atoms with E-state index < -0.39 is 0 Å². The monoisotopic (exact) mass is 291 g/mol. The van der Waals surface area contributed by atoms with Crippen LogP contribution in [0.25, 0.3) is 0 Å². The van der Waals surface area contributed by atoms with E-state index >= 15 is 0 Å². The van der Waals surface area contributed by atoms with Crippen molar-refractivity contribution in [1.29, 1.82) is 0 Å². The van der Waals surface area contributed by atoms with E-state index in [2.05, 4.69) is 11.8 Å². The maximum atomic E-state index is 11.1. The van der Waals surface area contributed by atoms with Gasteiger partial charge in [-0.1, -0.05) is 18.9 Å². The highest BCUT2D eigenvalue weighted by molar-refractivity contribution is 5.57. The van der Waals surface area contributed by atoms with Crippen molar-refractivity contribution in [2.75, 3.05) is 18.0 Å². The first kappa shape index (κ1) is 15.8. The Bertz CT molecular complexity index is 504. The summed E-state index contributed by atoms with van der Waals surface area (Å²) >= 11 is 0. The van der Waals surface area contributed by atoms with Crippen LogP contribution in [0.2, 0.25) is 0 Å². The molecule has 1 aliphatic carbocycles. The Kier molecular flexibility index (Phi) is 5.17. The van der Waals surface area contributed by atoms with E-state index in [1.54, 1.807) is 13.0 Å². The first-order chi connectivity index (χ1) is 10.1. The maximum Gasteiger partial charge on any atom is 0.274 e. The molecule has 2 unspecified atom stereocenters. The van der Waals surface area contributed by atoms with Gasteiger partial charge in [-0.25, -0.2) is 0 Å². The third-order valence-corrected chi connectivity index (χ3v) is 4.63. The van der Waals surface area contributed by atoms with Crippen molar-refractivity contribution >= 4 is 11.4 Å². The zero-order valence-corrected chi connectivity index (χ0v) is 12.9. The predicted molar refractivity (Wildman–Crippen MR) is 85.7 cm³/mol. The number of benzene rings is 1. The summed E-state index contributed by atoms with van der Waals surface area (Å²) in [6, 6.07) is 5.95. The average Bonchev–Trinajstić information content (AvgIpc) is 2.49. The molecule has 5 heteroatoms. The Balaban J connectivity index is 2.32. The molecule has 2 N–H and O–H groups in total. The number of nitrogens with zero attached hydrogens (tertiary/aromatic N) is 2. The summed E-state index contributed by atoms with van der Waals surface area (Å²) in [5.74, 6) is 0.485. The van der Waals surface area contributed by atoms with Gasteiger partial charge in [0.1, 0.15) is 0 Å². The van der Waals surface area contributed by atoms with Crippen LogP contribution in [0.4, 0.5) is 11.4 Å². The molecular weight excluding hydrogens is 266 g/mol. The summed E-state index contributed by atoms with van der Waals surface area (Å²) in [4.78, 5) is 13.1. The van der Waals surface area contributed by atoms with Crippen LogP contribution in [-0.2, 0) is 0 Å². The molecule has 0 saturated heterocycles. The van der Waals surface area contributed by atoms with Crippen LogP contribution in [0.15, 0.2) is 18.2 Å². The van der Waals surface area contributed by atoms with Gasteiger partial charge in [-0.05, 0) is 45.2 Å². The van der Waals surface area contributed by atoms with Crippen molar-refractivity contribution in [3.8, 4) is 0 Å². The van der Waals surface area contributed by atoms with Crippen LogP contribution < -0.4 is 10.6 Å². The molecule has 0 amide bonds. The molecule has 0 heterocycles. The summed E-state index contributed by atoms with van der Waals surface area (Å²) in [5, 5.41) is 11.1. The fourth-order valence-corrected chi connectivity index (χ4v) is 3.46. The molecule has 1 saturated carbocycles. The van der Waals surface area contributed by atoms with Crippen LogP contribution in [0, 0.1) is 23.0 Å². The van der Waals surface area contributed by atoms with Crippen molar-refractivity contribution in [1.82, 2.24) is 0 Å². The van der Waals surface area contributed by atoms with E-state index in [-0.39, 0.29) is 10.6 Å². The van der Waals surface area contributed by atoms with Crippen LogP contribution in [0.3, 0.4) is 0 Å². The number of nitro groups is 1. The average molecular weight is 291 g/mol. The normalized spacial score (nSPS) is 22.0. The maximum absolute atomic E-state index is 11.1. The van der Waals surface area contributed by atoms with Gasteiger partial charge in [0.05, 0.1) is 4.92 Å². The second-order valence-electron chi connectivity index (χ2n) is 5.86. The lowest BCUT2D eigenvalue weighted by Gasteiger charge is -2.40. The highest BCUT2D eigenvalue weighted by atomic mass is 16.6. The van der Waals surface area contributed by atoms with Crippen LogP contribution in [0.1, 0.15) is 38.2 Å². The Morgan fingerprint density at radius 3 is 2.71 bits per heavy atom. The molecule has 1 aromatic carbocycles. The van der Waals surface area contributed by atoms with Gasteiger partial charge in [0, 0.05) is 29.9 Å². The zero-order valence-electron chi connectivity index (χ0n) is 12.9. The van der Waals surface area contributed by atoms with Gasteiger partial charge < -0.3 is 10.6 Å². The van der Waals surface area contributed by atoms with Gasteiger partial charge in [0.2, 0.25) is 0 Å². The van der Waals surface area contributed by atoms with E-state index in [4.69, 9.17) is 5.73 Å².